The van der Waals surface area contributed by atoms with Crippen molar-refractivity contribution in [3.63, 3.8) is 0 Å². The second kappa shape index (κ2) is 6.08. The third-order valence-corrected chi connectivity index (χ3v) is 3.18. The van der Waals surface area contributed by atoms with E-state index in [1.54, 1.807) is 0 Å². The molecule has 1 aliphatic heterocycles. The van der Waals surface area contributed by atoms with Crippen molar-refractivity contribution >= 4 is 5.91 Å². The second-order valence-corrected chi connectivity index (χ2v) is 4.23. The van der Waals surface area contributed by atoms with Crippen molar-refractivity contribution in [2.45, 2.75) is 25.8 Å². The predicted molar refractivity (Wildman–Crippen MR) is 61.8 cm³/mol. The number of likely N-dealkylation sites (N-methyl/N-ethyl adjacent to an activating group) is 2. The Bertz CT molecular complexity index is 208. The monoisotopic (exact) mass is 213 g/mol. The summed E-state index contributed by atoms with van der Waals surface area (Å²) in [7, 11) is 3.80. The Morgan fingerprint density at radius 3 is 2.93 bits per heavy atom. The van der Waals surface area contributed by atoms with E-state index in [4.69, 9.17) is 0 Å². The van der Waals surface area contributed by atoms with Gasteiger partial charge >= 0.3 is 0 Å². The molecule has 0 spiro atoms. The molecule has 0 aromatic rings. The Kier molecular flexibility index (Phi) is 5.05. The van der Waals surface area contributed by atoms with Gasteiger partial charge in [-0.15, -0.1) is 0 Å². The molecule has 1 aliphatic rings. The van der Waals surface area contributed by atoms with Crippen molar-refractivity contribution in [3.8, 4) is 0 Å². The zero-order valence-corrected chi connectivity index (χ0v) is 10.0. The summed E-state index contributed by atoms with van der Waals surface area (Å²) >= 11 is 0. The van der Waals surface area contributed by atoms with Gasteiger partial charge in [-0.3, -0.25) is 4.79 Å². The van der Waals surface area contributed by atoms with Crippen molar-refractivity contribution in [2.24, 2.45) is 5.92 Å². The molecule has 0 saturated carbocycles. The molecule has 1 rings (SSSR count). The highest BCUT2D eigenvalue weighted by atomic mass is 16.2. The Morgan fingerprint density at radius 2 is 2.33 bits per heavy atom. The molecular formula is C11H23N3O. The van der Waals surface area contributed by atoms with Gasteiger partial charge in [0.15, 0.2) is 0 Å². The molecule has 4 heteroatoms. The Balaban J connectivity index is 2.44. The van der Waals surface area contributed by atoms with Crippen molar-refractivity contribution in [1.82, 2.24) is 15.5 Å². The van der Waals surface area contributed by atoms with E-state index in [1.807, 2.05) is 19.0 Å². The maximum absolute atomic E-state index is 12.1. The first-order valence-electron chi connectivity index (χ1n) is 5.83. The lowest BCUT2D eigenvalue weighted by atomic mass is 9.97. The van der Waals surface area contributed by atoms with Crippen LogP contribution in [0.4, 0.5) is 0 Å². The third kappa shape index (κ3) is 3.18. The number of hydrogen-bond acceptors (Lipinski definition) is 3. The minimum atomic E-state index is 0.192. The highest BCUT2D eigenvalue weighted by Gasteiger charge is 2.32. The topological polar surface area (TPSA) is 44.4 Å². The molecule has 88 valence electrons. The maximum atomic E-state index is 12.1. The summed E-state index contributed by atoms with van der Waals surface area (Å²) in [6.45, 7) is 4.77. The van der Waals surface area contributed by atoms with E-state index in [-0.39, 0.29) is 5.92 Å². The zero-order chi connectivity index (χ0) is 11.3. The average molecular weight is 213 g/mol. The molecule has 0 bridgehead atoms. The van der Waals surface area contributed by atoms with Gasteiger partial charge in [0.1, 0.15) is 0 Å². The number of nitrogens with one attached hydrogen (secondary N) is 2. The third-order valence-electron chi connectivity index (χ3n) is 3.18. The van der Waals surface area contributed by atoms with Crippen molar-refractivity contribution in [2.75, 3.05) is 33.7 Å². The first kappa shape index (κ1) is 12.5. The summed E-state index contributed by atoms with van der Waals surface area (Å²) in [4.78, 5) is 13.9. The van der Waals surface area contributed by atoms with Crippen LogP contribution in [0.1, 0.15) is 19.8 Å². The van der Waals surface area contributed by atoms with Gasteiger partial charge in [-0.05, 0) is 26.4 Å². The standard InChI is InChI=1S/C11H23N3O/c1-4-10-9(5-6-13-10)11(15)14(3)8-7-12-2/h9-10,12-13H,4-8H2,1-3H3. The maximum Gasteiger partial charge on any atom is 0.227 e. The minimum Gasteiger partial charge on any atom is -0.344 e. The van der Waals surface area contributed by atoms with Crippen LogP contribution in [0.2, 0.25) is 0 Å². The Labute approximate surface area is 92.4 Å². The lowest BCUT2D eigenvalue weighted by Crippen LogP contribution is -2.41. The van der Waals surface area contributed by atoms with Crippen molar-refractivity contribution in [3.05, 3.63) is 0 Å². The van der Waals surface area contributed by atoms with Gasteiger partial charge in [-0.1, -0.05) is 6.92 Å². The number of hydrogen-bond donors (Lipinski definition) is 2. The molecule has 1 saturated heterocycles. The number of nitrogens with zero attached hydrogens (tertiary/aromatic N) is 1. The summed E-state index contributed by atoms with van der Waals surface area (Å²) < 4.78 is 0. The van der Waals surface area contributed by atoms with Crippen LogP contribution in [0.25, 0.3) is 0 Å². The molecular weight excluding hydrogens is 190 g/mol. The van der Waals surface area contributed by atoms with Crippen LogP contribution in [-0.4, -0.2) is 50.6 Å². The first-order chi connectivity index (χ1) is 7.20. The summed E-state index contributed by atoms with van der Waals surface area (Å²) in [5.74, 6) is 0.485. The lowest BCUT2D eigenvalue weighted by Gasteiger charge is -2.24. The van der Waals surface area contributed by atoms with Crippen molar-refractivity contribution < 1.29 is 4.79 Å². The van der Waals surface area contributed by atoms with Gasteiger partial charge in [-0.25, -0.2) is 0 Å². The fraction of sp³-hybridized carbons (Fsp3) is 0.909. The molecule has 0 aromatic heterocycles. The van der Waals surface area contributed by atoms with Crippen LogP contribution < -0.4 is 10.6 Å². The fourth-order valence-corrected chi connectivity index (χ4v) is 2.16. The fourth-order valence-electron chi connectivity index (χ4n) is 2.16. The lowest BCUT2D eigenvalue weighted by molar-refractivity contribution is -0.134. The molecule has 0 aromatic carbocycles. The summed E-state index contributed by atoms with van der Waals surface area (Å²) in [5.41, 5.74) is 0. The highest BCUT2D eigenvalue weighted by molar-refractivity contribution is 5.79. The van der Waals surface area contributed by atoms with E-state index in [0.29, 0.717) is 11.9 Å². The summed E-state index contributed by atoms with van der Waals surface area (Å²) in [6, 6.07) is 0.384. The van der Waals surface area contributed by atoms with Crippen LogP contribution in [0.15, 0.2) is 0 Å². The van der Waals surface area contributed by atoms with Crippen LogP contribution in [0.5, 0.6) is 0 Å². The molecule has 1 heterocycles. The molecule has 0 aliphatic carbocycles. The molecule has 2 N–H and O–H groups in total. The molecule has 0 radical (unpaired) electrons. The van der Waals surface area contributed by atoms with E-state index < -0.39 is 0 Å². The van der Waals surface area contributed by atoms with Gasteiger partial charge < -0.3 is 15.5 Å². The highest BCUT2D eigenvalue weighted by Crippen LogP contribution is 2.19. The number of carbonyl (C=O) groups excluding carboxylic acids is 1. The van der Waals surface area contributed by atoms with E-state index >= 15 is 0 Å². The van der Waals surface area contributed by atoms with Crippen molar-refractivity contribution in [1.29, 1.82) is 0 Å². The first-order valence-corrected chi connectivity index (χ1v) is 5.83. The van der Waals surface area contributed by atoms with Crippen LogP contribution in [0, 0.1) is 5.92 Å². The number of amides is 1. The Morgan fingerprint density at radius 1 is 1.60 bits per heavy atom. The summed E-state index contributed by atoms with van der Waals surface area (Å²) in [5, 5.41) is 6.44. The van der Waals surface area contributed by atoms with Gasteiger partial charge in [0.2, 0.25) is 5.91 Å². The SMILES string of the molecule is CCC1NCCC1C(=O)N(C)CCNC. The molecule has 1 amide bonds. The number of rotatable bonds is 5. The van der Waals surface area contributed by atoms with E-state index in [0.717, 1.165) is 32.5 Å². The van der Waals surface area contributed by atoms with Crippen LogP contribution in [0.3, 0.4) is 0 Å². The van der Waals surface area contributed by atoms with E-state index in [1.165, 1.54) is 0 Å². The largest absolute Gasteiger partial charge is 0.344 e. The second-order valence-electron chi connectivity index (χ2n) is 4.23. The van der Waals surface area contributed by atoms with Gasteiger partial charge in [0, 0.05) is 26.2 Å². The summed E-state index contributed by atoms with van der Waals surface area (Å²) in [6.07, 6.45) is 2.03. The van der Waals surface area contributed by atoms with Gasteiger partial charge in [-0.2, -0.15) is 0 Å². The average Bonchev–Trinajstić information content (AvgIpc) is 2.72. The molecule has 15 heavy (non-hydrogen) atoms. The molecule has 1 fully saturated rings. The Hall–Kier alpha value is -0.610. The minimum absolute atomic E-state index is 0.192. The quantitative estimate of drug-likeness (QED) is 0.678. The van der Waals surface area contributed by atoms with Crippen LogP contribution in [-0.2, 0) is 4.79 Å². The normalized spacial score (nSPS) is 25.5. The van der Waals surface area contributed by atoms with Gasteiger partial charge in [0.05, 0.1) is 5.92 Å². The van der Waals surface area contributed by atoms with Gasteiger partial charge in [0.25, 0.3) is 0 Å². The van der Waals surface area contributed by atoms with E-state index in [9.17, 15) is 4.79 Å². The molecule has 2 unspecified atom stereocenters. The molecule has 2 atom stereocenters. The predicted octanol–water partition coefficient (Wildman–Crippen LogP) is 0.0523. The zero-order valence-electron chi connectivity index (χ0n) is 10.0. The number of carbonyl (C=O) groups is 1. The van der Waals surface area contributed by atoms with E-state index in [2.05, 4.69) is 17.6 Å². The van der Waals surface area contributed by atoms with Crippen LogP contribution >= 0.6 is 0 Å². The molecule has 4 nitrogen and oxygen atoms in total. The smallest absolute Gasteiger partial charge is 0.227 e.